The summed E-state index contributed by atoms with van der Waals surface area (Å²) in [5, 5.41) is 0. The van der Waals surface area contributed by atoms with Crippen molar-refractivity contribution in [3.8, 4) is 0 Å². The summed E-state index contributed by atoms with van der Waals surface area (Å²) in [5.74, 6) is -1.04. The molecule has 0 rings (SSSR count). The first-order valence-corrected chi connectivity index (χ1v) is 27.3. The van der Waals surface area contributed by atoms with Gasteiger partial charge in [-0.1, -0.05) is 218 Å². The fourth-order valence-electron chi connectivity index (χ4n) is 6.85. The van der Waals surface area contributed by atoms with E-state index in [0.717, 1.165) is 141 Å². The molecule has 0 aromatic rings. The second-order valence-electron chi connectivity index (χ2n) is 17.3. The molecule has 1 unspecified atom stereocenters. The van der Waals surface area contributed by atoms with Crippen LogP contribution in [0.3, 0.4) is 0 Å². The van der Waals surface area contributed by atoms with Gasteiger partial charge < -0.3 is 14.2 Å². The molecule has 0 bridgehead atoms. The standard InChI is InChI=1S/C63H98O6/c1-4-7-10-13-16-19-22-25-28-31-32-33-36-38-41-44-47-50-53-56-62(65)68-59-60(69-63(66)57-54-51-48-45-42-39-35-30-27-24-21-18-15-12-9-6-3)58-67-61(64)55-52-49-46-43-40-37-34-29-26-23-20-17-14-11-8-5-2/h7-12,16-21,25-30,32-33,38,41,47,50,60H,4-6,13-15,22-24,31,34-37,39-40,42-46,48-49,51-59H2,1-3H3/b10-7-,11-8-,12-9-,19-16-,20-17-,21-18-,28-25-,29-26-,30-27-,33-32-,41-38-,50-47-. The SMILES string of the molecule is CC/C=C\C/C=C\C/C=C\C/C=C\C/C=C\C/C=C\CCC(=O)OCC(COC(=O)CCCCCCCC/C=C\C/C=C\C/C=C\CC)OC(=O)CCCCCCCC/C=C\C/C=C\C/C=C\CC. The van der Waals surface area contributed by atoms with Crippen LogP contribution in [0.1, 0.15) is 213 Å². The third kappa shape index (κ3) is 54.1. The van der Waals surface area contributed by atoms with Gasteiger partial charge in [0.1, 0.15) is 13.2 Å². The van der Waals surface area contributed by atoms with Crippen LogP contribution < -0.4 is 0 Å². The van der Waals surface area contributed by atoms with E-state index >= 15 is 0 Å². The number of allylic oxidation sites excluding steroid dienone is 24. The lowest BCUT2D eigenvalue weighted by atomic mass is 10.1. The van der Waals surface area contributed by atoms with E-state index in [-0.39, 0.29) is 44.0 Å². The van der Waals surface area contributed by atoms with Crippen molar-refractivity contribution in [2.24, 2.45) is 0 Å². The highest BCUT2D eigenvalue weighted by molar-refractivity contribution is 5.71. The summed E-state index contributed by atoms with van der Waals surface area (Å²) < 4.78 is 16.7. The lowest BCUT2D eigenvalue weighted by Gasteiger charge is -2.18. The Bertz CT molecular complexity index is 1560. The van der Waals surface area contributed by atoms with Gasteiger partial charge in [0.25, 0.3) is 0 Å². The Morgan fingerprint density at radius 2 is 0.551 bits per heavy atom. The van der Waals surface area contributed by atoms with Gasteiger partial charge in [-0.2, -0.15) is 0 Å². The van der Waals surface area contributed by atoms with Gasteiger partial charge in [-0.3, -0.25) is 14.4 Å². The maximum Gasteiger partial charge on any atom is 0.306 e. The average Bonchev–Trinajstić information content (AvgIpc) is 3.35. The fourth-order valence-corrected chi connectivity index (χ4v) is 6.85. The van der Waals surface area contributed by atoms with Crippen LogP contribution in [0.2, 0.25) is 0 Å². The first-order valence-electron chi connectivity index (χ1n) is 27.3. The molecule has 6 nitrogen and oxygen atoms in total. The highest BCUT2D eigenvalue weighted by atomic mass is 16.6. The van der Waals surface area contributed by atoms with Gasteiger partial charge in [-0.25, -0.2) is 0 Å². The van der Waals surface area contributed by atoms with E-state index in [1.54, 1.807) is 0 Å². The normalized spacial score (nSPS) is 13.3. The lowest BCUT2D eigenvalue weighted by Crippen LogP contribution is -2.30. The molecular formula is C63H98O6. The summed E-state index contributed by atoms with van der Waals surface area (Å²) in [6.07, 6.45) is 79.8. The molecule has 0 saturated carbocycles. The van der Waals surface area contributed by atoms with Crippen molar-refractivity contribution in [2.75, 3.05) is 13.2 Å². The third-order valence-corrected chi connectivity index (χ3v) is 10.8. The second-order valence-corrected chi connectivity index (χ2v) is 17.3. The lowest BCUT2D eigenvalue weighted by molar-refractivity contribution is -0.166. The van der Waals surface area contributed by atoms with E-state index in [1.807, 2.05) is 12.2 Å². The topological polar surface area (TPSA) is 78.9 Å². The quantitative estimate of drug-likeness (QED) is 0.0262. The average molecular weight is 951 g/mol. The smallest absolute Gasteiger partial charge is 0.306 e. The van der Waals surface area contributed by atoms with E-state index < -0.39 is 6.10 Å². The Labute approximate surface area is 423 Å². The first-order chi connectivity index (χ1) is 34.0. The largest absolute Gasteiger partial charge is 0.462 e. The summed E-state index contributed by atoms with van der Waals surface area (Å²) in [6.45, 7) is 6.20. The zero-order valence-electron chi connectivity index (χ0n) is 44.0. The molecule has 69 heavy (non-hydrogen) atoms. The van der Waals surface area contributed by atoms with E-state index in [0.29, 0.717) is 12.8 Å². The molecule has 0 spiro atoms. The van der Waals surface area contributed by atoms with Gasteiger partial charge in [-0.05, 0) is 122 Å². The summed E-state index contributed by atoms with van der Waals surface area (Å²) in [6, 6.07) is 0. The third-order valence-electron chi connectivity index (χ3n) is 10.8. The summed E-state index contributed by atoms with van der Waals surface area (Å²) >= 11 is 0. The minimum atomic E-state index is -0.828. The minimum Gasteiger partial charge on any atom is -0.462 e. The Kier molecular flexibility index (Phi) is 52.1. The highest BCUT2D eigenvalue weighted by Crippen LogP contribution is 2.13. The van der Waals surface area contributed by atoms with Gasteiger partial charge in [-0.15, -0.1) is 0 Å². The molecular weight excluding hydrogens is 853 g/mol. The number of carbonyl (C=O) groups excluding carboxylic acids is 3. The molecule has 0 amide bonds. The van der Waals surface area contributed by atoms with Crippen LogP contribution in [-0.2, 0) is 28.6 Å². The molecule has 0 N–H and O–H groups in total. The number of carbonyl (C=O) groups is 3. The van der Waals surface area contributed by atoms with Gasteiger partial charge >= 0.3 is 17.9 Å². The van der Waals surface area contributed by atoms with Crippen molar-refractivity contribution in [3.05, 3.63) is 146 Å². The number of unbranched alkanes of at least 4 members (excludes halogenated alkanes) is 12. The molecule has 0 aliphatic carbocycles. The number of esters is 3. The summed E-state index contributed by atoms with van der Waals surface area (Å²) in [7, 11) is 0. The fraction of sp³-hybridized carbons (Fsp3) is 0.571. The highest BCUT2D eigenvalue weighted by Gasteiger charge is 2.19. The van der Waals surface area contributed by atoms with E-state index in [1.165, 1.54) is 25.7 Å². The van der Waals surface area contributed by atoms with Crippen LogP contribution in [0.4, 0.5) is 0 Å². The Morgan fingerprint density at radius 3 is 0.899 bits per heavy atom. The van der Waals surface area contributed by atoms with E-state index in [9.17, 15) is 14.4 Å². The molecule has 0 heterocycles. The summed E-state index contributed by atoms with van der Waals surface area (Å²) in [5.41, 5.74) is 0. The molecule has 0 radical (unpaired) electrons. The van der Waals surface area contributed by atoms with Gasteiger partial charge in [0, 0.05) is 19.3 Å². The van der Waals surface area contributed by atoms with Crippen molar-refractivity contribution < 1.29 is 28.6 Å². The molecule has 0 aliphatic rings. The van der Waals surface area contributed by atoms with E-state index in [2.05, 4.69) is 154 Å². The van der Waals surface area contributed by atoms with Crippen LogP contribution >= 0.6 is 0 Å². The Morgan fingerprint density at radius 1 is 0.290 bits per heavy atom. The maximum absolute atomic E-state index is 12.8. The number of hydrogen-bond donors (Lipinski definition) is 0. The van der Waals surface area contributed by atoms with Crippen LogP contribution in [0.15, 0.2) is 146 Å². The maximum atomic E-state index is 12.8. The molecule has 0 aromatic carbocycles. The Hall–Kier alpha value is -4.71. The first kappa shape index (κ1) is 64.3. The van der Waals surface area contributed by atoms with Gasteiger partial charge in [0.2, 0.25) is 0 Å². The van der Waals surface area contributed by atoms with Crippen LogP contribution in [0.5, 0.6) is 0 Å². The predicted molar refractivity (Wildman–Crippen MR) is 297 cm³/mol. The van der Waals surface area contributed by atoms with Gasteiger partial charge in [0.05, 0.1) is 0 Å². The monoisotopic (exact) mass is 951 g/mol. The number of ether oxygens (including phenoxy) is 3. The van der Waals surface area contributed by atoms with Crippen molar-refractivity contribution in [1.82, 2.24) is 0 Å². The van der Waals surface area contributed by atoms with Crippen LogP contribution in [-0.4, -0.2) is 37.2 Å². The molecule has 0 fully saturated rings. The molecule has 0 aromatic heterocycles. The predicted octanol–water partition coefficient (Wildman–Crippen LogP) is 18.4. The molecule has 386 valence electrons. The molecule has 1 atom stereocenters. The molecule has 6 heteroatoms. The number of hydrogen-bond acceptors (Lipinski definition) is 6. The van der Waals surface area contributed by atoms with Crippen molar-refractivity contribution in [3.63, 3.8) is 0 Å². The minimum absolute atomic E-state index is 0.120. The number of rotatable bonds is 47. The zero-order valence-corrected chi connectivity index (χ0v) is 44.0. The van der Waals surface area contributed by atoms with E-state index in [4.69, 9.17) is 14.2 Å². The van der Waals surface area contributed by atoms with Crippen molar-refractivity contribution >= 4 is 17.9 Å². The molecule has 0 saturated heterocycles. The second kappa shape index (κ2) is 55.9. The zero-order chi connectivity index (χ0) is 50.0. The van der Waals surface area contributed by atoms with Crippen LogP contribution in [0.25, 0.3) is 0 Å². The van der Waals surface area contributed by atoms with Gasteiger partial charge in [0.15, 0.2) is 6.10 Å². The summed E-state index contributed by atoms with van der Waals surface area (Å²) in [4.78, 5) is 38.1. The van der Waals surface area contributed by atoms with Crippen molar-refractivity contribution in [1.29, 1.82) is 0 Å². The van der Waals surface area contributed by atoms with Crippen LogP contribution in [0, 0.1) is 0 Å². The Balaban J connectivity index is 4.57. The molecule has 0 aliphatic heterocycles. The van der Waals surface area contributed by atoms with Crippen molar-refractivity contribution in [2.45, 2.75) is 219 Å².